The Hall–Kier alpha value is -6.05. The van der Waals surface area contributed by atoms with Gasteiger partial charge in [-0.05, 0) is 96.6 Å². The van der Waals surface area contributed by atoms with Crippen LogP contribution < -0.4 is 0 Å². The molecule has 49 heavy (non-hydrogen) atoms. The third-order valence-corrected chi connectivity index (χ3v) is 10.1. The number of nitrogens with zero attached hydrogens (tertiary/aromatic N) is 1. The van der Waals surface area contributed by atoms with E-state index in [1.807, 2.05) is 0 Å². The molecule has 1 nitrogen and oxygen atoms in total. The molecule has 8 aromatic carbocycles. The van der Waals surface area contributed by atoms with E-state index in [0.717, 1.165) is 18.5 Å². The molecule has 0 N–H and O–H groups in total. The van der Waals surface area contributed by atoms with Crippen molar-refractivity contribution in [2.75, 3.05) is 0 Å². The first-order valence-corrected chi connectivity index (χ1v) is 17.2. The molecule has 232 valence electrons. The molecule has 0 fully saturated rings. The van der Waals surface area contributed by atoms with E-state index < -0.39 is 0 Å². The van der Waals surface area contributed by atoms with E-state index in [-0.39, 0.29) is 0 Å². The molecule has 1 heteroatoms. The van der Waals surface area contributed by atoms with Crippen molar-refractivity contribution in [2.45, 2.75) is 18.8 Å². The quantitative estimate of drug-likeness (QED) is 0.156. The van der Waals surface area contributed by atoms with Gasteiger partial charge in [0.25, 0.3) is 0 Å². The first-order chi connectivity index (χ1) is 24.3. The van der Waals surface area contributed by atoms with Crippen LogP contribution in [0, 0.1) is 0 Å². The van der Waals surface area contributed by atoms with Gasteiger partial charge in [0.15, 0.2) is 0 Å². The standard InChI is InChI=1S/C48H35N/c1-4-14-35(15-5-1)46-40-21-10-11-22-41(40)47(36-16-6-2-7-17-36)44-32-38(29-31-42(44)46)34-27-24-33(25-28-34)26-30-43-39-20-12-13-23-45(39)49-48(43)37-18-8-3-9-19-37/h1-25,27-29,31-32,43H,26,30H2. The molecule has 1 heterocycles. The van der Waals surface area contributed by atoms with E-state index >= 15 is 0 Å². The van der Waals surface area contributed by atoms with Gasteiger partial charge in [-0.25, -0.2) is 0 Å². The maximum atomic E-state index is 5.08. The zero-order valence-electron chi connectivity index (χ0n) is 27.3. The van der Waals surface area contributed by atoms with Gasteiger partial charge in [-0.2, -0.15) is 0 Å². The smallest absolute Gasteiger partial charge is 0.0672 e. The lowest BCUT2D eigenvalue weighted by atomic mass is 9.84. The largest absolute Gasteiger partial charge is 0.252 e. The van der Waals surface area contributed by atoms with Crippen LogP contribution >= 0.6 is 0 Å². The summed E-state index contributed by atoms with van der Waals surface area (Å²) in [5.41, 5.74) is 13.7. The van der Waals surface area contributed by atoms with Crippen molar-refractivity contribution >= 4 is 32.9 Å². The molecule has 0 amide bonds. The lowest BCUT2D eigenvalue weighted by Crippen LogP contribution is -2.11. The summed E-state index contributed by atoms with van der Waals surface area (Å²) in [5, 5.41) is 5.11. The van der Waals surface area contributed by atoms with Gasteiger partial charge in [0.1, 0.15) is 0 Å². The highest BCUT2D eigenvalue weighted by Gasteiger charge is 2.27. The Morgan fingerprint density at radius 1 is 0.388 bits per heavy atom. The van der Waals surface area contributed by atoms with Crippen LogP contribution in [0.1, 0.15) is 29.0 Å². The van der Waals surface area contributed by atoms with Crippen LogP contribution in [-0.4, -0.2) is 5.71 Å². The average Bonchev–Trinajstić information content (AvgIpc) is 3.55. The van der Waals surface area contributed by atoms with Gasteiger partial charge in [-0.3, -0.25) is 4.99 Å². The first-order valence-electron chi connectivity index (χ1n) is 17.2. The summed E-state index contributed by atoms with van der Waals surface area (Å²) in [6.07, 6.45) is 2.02. The topological polar surface area (TPSA) is 12.4 Å². The highest BCUT2D eigenvalue weighted by Crippen LogP contribution is 2.45. The SMILES string of the molecule is c1ccc(C2=Nc3ccccc3C2CCc2ccc(-c3ccc4c(-c5ccccc5)c5ccccc5c(-c5ccccc5)c4c3)cc2)cc1. The molecule has 1 atom stereocenters. The van der Waals surface area contributed by atoms with Gasteiger partial charge in [-0.1, -0.05) is 170 Å². The molecule has 1 aliphatic rings. The Bertz CT molecular complexity index is 2460. The minimum Gasteiger partial charge on any atom is -0.252 e. The van der Waals surface area contributed by atoms with Crippen molar-refractivity contribution < 1.29 is 0 Å². The third kappa shape index (κ3) is 5.34. The molecule has 0 aromatic heterocycles. The number of para-hydroxylation sites is 1. The van der Waals surface area contributed by atoms with E-state index in [2.05, 4.69) is 182 Å². The molecule has 8 aromatic rings. The number of benzene rings is 8. The van der Waals surface area contributed by atoms with Crippen LogP contribution in [0.4, 0.5) is 5.69 Å². The Labute approximate surface area is 287 Å². The number of fused-ring (bicyclic) bond motifs is 3. The fourth-order valence-corrected chi connectivity index (χ4v) is 7.77. The summed E-state index contributed by atoms with van der Waals surface area (Å²) in [7, 11) is 0. The van der Waals surface area contributed by atoms with Crippen LogP contribution in [0.2, 0.25) is 0 Å². The highest BCUT2D eigenvalue weighted by atomic mass is 14.8. The van der Waals surface area contributed by atoms with Crippen LogP contribution in [0.25, 0.3) is 54.9 Å². The molecule has 0 saturated heterocycles. The van der Waals surface area contributed by atoms with Crippen molar-refractivity contribution in [1.82, 2.24) is 0 Å². The van der Waals surface area contributed by atoms with E-state index in [1.165, 1.54) is 77.3 Å². The molecular weight excluding hydrogens is 591 g/mol. The van der Waals surface area contributed by atoms with Crippen LogP contribution in [0.3, 0.4) is 0 Å². The van der Waals surface area contributed by atoms with E-state index in [0.29, 0.717) is 5.92 Å². The first kappa shape index (κ1) is 29.1. The van der Waals surface area contributed by atoms with E-state index in [1.54, 1.807) is 0 Å². The Balaban J connectivity index is 1.09. The highest BCUT2D eigenvalue weighted by molar-refractivity contribution is 6.22. The molecule has 9 rings (SSSR count). The summed E-state index contributed by atoms with van der Waals surface area (Å²) >= 11 is 0. The summed E-state index contributed by atoms with van der Waals surface area (Å²) < 4.78 is 0. The van der Waals surface area contributed by atoms with E-state index in [4.69, 9.17) is 4.99 Å². The Morgan fingerprint density at radius 2 is 0.898 bits per heavy atom. The van der Waals surface area contributed by atoms with E-state index in [9.17, 15) is 0 Å². The molecule has 1 aliphatic heterocycles. The van der Waals surface area contributed by atoms with Gasteiger partial charge in [-0.15, -0.1) is 0 Å². The summed E-state index contributed by atoms with van der Waals surface area (Å²) in [6.45, 7) is 0. The van der Waals surface area contributed by atoms with Crippen molar-refractivity contribution in [3.8, 4) is 33.4 Å². The third-order valence-electron chi connectivity index (χ3n) is 10.1. The van der Waals surface area contributed by atoms with Gasteiger partial charge in [0.2, 0.25) is 0 Å². The fraction of sp³-hybridized carbons (Fsp3) is 0.0625. The second-order valence-electron chi connectivity index (χ2n) is 13.0. The van der Waals surface area contributed by atoms with Gasteiger partial charge < -0.3 is 0 Å². The van der Waals surface area contributed by atoms with Gasteiger partial charge >= 0.3 is 0 Å². The average molecular weight is 626 g/mol. The number of rotatable bonds is 7. The summed E-state index contributed by atoms with van der Waals surface area (Å²) in [4.78, 5) is 5.08. The van der Waals surface area contributed by atoms with Crippen molar-refractivity contribution in [3.05, 3.63) is 199 Å². The maximum absolute atomic E-state index is 5.08. The van der Waals surface area contributed by atoms with Crippen molar-refractivity contribution in [2.24, 2.45) is 4.99 Å². The fourth-order valence-electron chi connectivity index (χ4n) is 7.77. The normalized spacial score (nSPS) is 13.8. The summed E-state index contributed by atoms with van der Waals surface area (Å²) in [5.74, 6) is 0.295. The summed E-state index contributed by atoms with van der Waals surface area (Å²) in [6, 6.07) is 66.1. The molecule has 0 saturated carbocycles. The Kier molecular flexibility index (Phi) is 7.44. The predicted octanol–water partition coefficient (Wildman–Crippen LogP) is 12.8. The lowest BCUT2D eigenvalue weighted by Gasteiger charge is -2.19. The van der Waals surface area contributed by atoms with Crippen molar-refractivity contribution in [3.63, 3.8) is 0 Å². The molecular formula is C48H35N. The number of hydrogen-bond acceptors (Lipinski definition) is 1. The molecule has 0 bridgehead atoms. The number of aliphatic imine (C=N–C) groups is 1. The second-order valence-corrected chi connectivity index (χ2v) is 13.0. The molecule has 0 spiro atoms. The van der Waals surface area contributed by atoms with Crippen LogP contribution in [0.5, 0.6) is 0 Å². The zero-order chi connectivity index (χ0) is 32.6. The van der Waals surface area contributed by atoms with Gasteiger partial charge in [0, 0.05) is 5.92 Å². The molecule has 0 aliphatic carbocycles. The Morgan fingerprint density at radius 3 is 1.55 bits per heavy atom. The predicted molar refractivity (Wildman–Crippen MR) is 208 cm³/mol. The second kappa shape index (κ2) is 12.5. The monoisotopic (exact) mass is 625 g/mol. The molecule has 1 unspecified atom stereocenters. The van der Waals surface area contributed by atoms with Gasteiger partial charge in [0.05, 0.1) is 11.4 Å². The molecule has 0 radical (unpaired) electrons. The lowest BCUT2D eigenvalue weighted by molar-refractivity contribution is 0.778. The van der Waals surface area contributed by atoms with Crippen LogP contribution in [0.15, 0.2) is 187 Å². The number of hydrogen-bond donors (Lipinski definition) is 0. The maximum Gasteiger partial charge on any atom is 0.0672 e. The zero-order valence-corrected chi connectivity index (χ0v) is 27.3. The van der Waals surface area contributed by atoms with Crippen LogP contribution in [-0.2, 0) is 6.42 Å². The minimum atomic E-state index is 0.295. The number of aryl methyl sites for hydroxylation is 1. The minimum absolute atomic E-state index is 0.295. The van der Waals surface area contributed by atoms with Crippen molar-refractivity contribution in [1.29, 1.82) is 0 Å².